The second-order valence-electron chi connectivity index (χ2n) is 2.07. The van der Waals surface area contributed by atoms with Crippen LogP contribution in [-0.4, -0.2) is 10.9 Å². The van der Waals surface area contributed by atoms with Gasteiger partial charge in [-0.05, 0) is 0 Å². The number of thiazole rings is 1. The van der Waals surface area contributed by atoms with E-state index in [2.05, 4.69) is 4.98 Å². The van der Waals surface area contributed by atoms with E-state index in [1.807, 2.05) is 0 Å². The number of hydrogen-bond acceptors (Lipinski definition) is 4. The average molecular weight is 171 g/mol. The lowest BCUT2D eigenvalue weighted by Gasteiger charge is -1.86. The van der Waals surface area contributed by atoms with Gasteiger partial charge in [-0.15, -0.1) is 11.3 Å². The number of rotatable bonds is 3. The summed E-state index contributed by atoms with van der Waals surface area (Å²) < 4.78 is 0. The highest BCUT2D eigenvalue weighted by Crippen LogP contribution is 2.11. The largest absolute Gasteiger partial charge is 0.369 e. The average Bonchev–Trinajstić information content (AvgIpc) is 2.34. The Morgan fingerprint density at radius 2 is 2.45 bits per heavy atom. The number of carbonyl (C=O) groups excluding carboxylic acids is 1. The molecule has 4 N–H and O–H groups in total. The molecule has 11 heavy (non-hydrogen) atoms. The van der Waals surface area contributed by atoms with Crippen LogP contribution in [0.4, 0.5) is 0 Å². The second-order valence-corrected chi connectivity index (χ2v) is 3.27. The Labute approximate surface area is 68.2 Å². The van der Waals surface area contributed by atoms with Crippen molar-refractivity contribution in [2.45, 2.75) is 13.0 Å². The van der Waals surface area contributed by atoms with Gasteiger partial charge in [0.05, 0.1) is 6.42 Å². The summed E-state index contributed by atoms with van der Waals surface area (Å²) in [5.74, 6) is -0.358. The number of nitrogens with two attached hydrogens (primary N) is 2. The van der Waals surface area contributed by atoms with E-state index in [0.29, 0.717) is 6.54 Å². The molecule has 5 heteroatoms. The molecule has 0 unspecified atom stereocenters. The summed E-state index contributed by atoms with van der Waals surface area (Å²) in [5, 5.41) is 0.734. The minimum Gasteiger partial charge on any atom is -0.369 e. The molecule has 0 aliphatic heterocycles. The van der Waals surface area contributed by atoms with Gasteiger partial charge in [0, 0.05) is 17.6 Å². The smallest absolute Gasteiger partial charge is 0.224 e. The first-order valence-electron chi connectivity index (χ1n) is 3.14. The minimum absolute atomic E-state index is 0.213. The zero-order valence-corrected chi connectivity index (χ0v) is 6.73. The molecule has 0 radical (unpaired) electrons. The molecule has 0 saturated carbocycles. The third-order valence-corrected chi connectivity index (χ3v) is 2.15. The van der Waals surface area contributed by atoms with E-state index >= 15 is 0 Å². The van der Waals surface area contributed by atoms with E-state index in [-0.39, 0.29) is 12.3 Å². The highest BCUT2D eigenvalue weighted by molar-refractivity contribution is 7.11. The van der Waals surface area contributed by atoms with Crippen LogP contribution in [0.5, 0.6) is 0 Å². The van der Waals surface area contributed by atoms with E-state index < -0.39 is 0 Å². The molecule has 1 aromatic heterocycles. The molecule has 0 bridgehead atoms. The molecule has 60 valence electrons. The van der Waals surface area contributed by atoms with Crippen LogP contribution in [0.1, 0.15) is 9.88 Å². The van der Waals surface area contributed by atoms with E-state index in [4.69, 9.17) is 11.5 Å². The first-order valence-corrected chi connectivity index (χ1v) is 3.96. The SMILES string of the molecule is NCc1cnc(CC(N)=O)s1. The van der Waals surface area contributed by atoms with Crippen molar-refractivity contribution in [3.8, 4) is 0 Å². The van der Waals surface area contributed by atoms with E-state index in [1.54, 1.807) is 6.20 Å². The fourth-order valence-corrected chi connectivity index (χ4v) is 1.48. The molecule has 0 aliphatic rings. The lowest BCUT2D eigenvalue weighted by molar-refractivity contribution is -0.117. The Morgan fingerprint density at radius 3 is 2.91 bits per heavy atom. The molecular formula is C6H9N3OS. The zero-order valence-electron chi connectivity index (χ0n) is 5.91. The van der Waals surface area contributed by atoms with Crippen LogP contribution >= 0.6 is 11.3 Å². The molecule has 4 nitrogen and oxygen atoms in total. The number of aromatic nitrogens is 1. The molecule has 0 spiro atoms. The van der Waals surface area contributed by atoms with Crippen molar-refractivity contribution < 1.29 is 4.79 Å². The quantitative estimate of drug-likeness (QED) is 0.651. The Balaban J connectivity index is 2.65. The van der Waals surface area contributed by atoms with Crippen molar-refractivity contribution in [1.29, 1.82) is 0 Å². The third-order valence-electron chi connectivity index (χ3n) is 1.13. The van der Waals surface area contributed by atoms with Gasteiger partial charge in [0.15, 0.2) is 0 Å². The number of primary amides is 1. The van der Waals surface area contributed by atoms with Crippen molar-refractivity contribution >= 4 is 17.2 Å². The summed E-state index contributed by atoms with van der Waals surface area (Å²) >= 11 is 1.42. The van der Waals surface area contributed by atoms with Gasteiger partial charge >= 0.3 is 0 Å². The molecular weight excluding hydrogens is 162 g/mol. The van der Waals surface area contributed by atoms with E-state index in [0.717, 1.165) is 9.88 Å². The van der Waals surface area contributed by atoms with Gasteiger partial charge in [-0.2, -0.15) is 0 Å². The summed E-state index contributed by atoms with van der Waals surface area (Å²) in [6.07, 6.45) is 1.88. The van der Waals surface area contributed by atoms with Crippen molar-refractivity contribution in [3.63, 3.8) is 0 Å². The number of amides is 1. The van der Waals surface area contributed by atoms with Gasteiger partial charge in [-0.1, -0.05) is 0 Å². The van der Waals surface area contributed by atoms with Gasteiger partial charge in [-0.25, -0.2) is 4.98 Å². The molecule has 1 rings (SSSR count). The fourth-order valence-electron chi connectivity index (χ4n) is 0.673. The summed E-state index contributed by atoms with van der Waals surface area (Å²) in [4.78, 5) is 15.4. The highest BCUT2D eigenvalue weighted by Gasteiger charge is 2.02. The Bertz CT molecular complexity index is 258. The maximum Gasteiger partial charge on any atom is 0.224 e. The number of carbonyl (C=O) groups is 1. The van der Waals surface area contributed by atoms with Gasteiger partial charge in [0.25, 0.3) is 0 Å². The lowest BCUT2D eigenvalue weighted by atomic mass is 10.4. The predicted molar refractivity (Wildman–Crippen MR) is 42.9 cm³/mol. The van der Waals surface area contributed by atoms with Gasteiger partial charge in [0.2, 0.25) is 5.91 Å². The van der Waals surface area contributed by atoms with Crippen LogP contribution in [0.25, 0.3) is 0 Å². The standard InChI is InChI=1S/C6H9N3OS/c7-2-4-3-9-6(11-4)1-5(8)10/h3H,1-2,7H2,(H2,8,10). The van der Waals surface area contributed by atoms with Crippen molar-refractivity contribution in [2.24, 2.45) is 11.5 Å². The topological polar surface area (TPSA) is 82.0 Å². The van der Waals surface area contributed by atoms with Crippen LogP contribution < -0.4 is 11.5 Å². The van der Waals surface area contributed by atoms with Gasteiger partial charge in [-0.3, -0.25) is 4.79 Å². The minimum atomic E-state index is -0.358. The molecule has 0 atom stereocenters. The monoisotopic (exact) mass is 171 g/mol. The fraction of sp³-hybridized carbons (Fsp3) is 0.333. The lowest BCUT2D eigenvalue weighted by Crippen LogP contribution is -2.13. The number of hydrogen-bond donors (Lipinski definition) is 2. The molecule has 0 saturated heterocycles. The molecule has 0 aromatic carbocycles. The third kappa shape index (κ3) is 2.28. The summed E-state index contributed by atoms with van der Waals surface area (Å²) in [7, 11) is 0. The Hall–Kier alpha value is -0.940. The normalized spacial score (nSPS) is 9.91. The maximum atomic E-state index is 10.4. The van der Waals surface area contributed by atoms with E-state index in [9.17, 15) is 4.79 Å². The van der Waals surface area contributed by atoms with Gasteiger partial charge in [0.1, 0.15) is 5.01 Å². The second kappa shape index (κ2) is 3.45. The first-order chi connectivity index (χ1) is 5.22. The Morgan fingerprint density at radius 1 is 1.73 bits per heavy atom. The molecule has 0 aliphatic carbocycles. The Kier molecular flexibility index (Phi) is 2.56. The highest BCUT2D eigenvalue weighted by atomic mass is 32.1. The van der Waals surface area contributed by atoms with Gasteiger partial charge < -0.3 is 11.5 Å². The van der Waals surface area contributed by atoms with Crippen molar-refractivity contribution in [1.82, 2.24) is 4.98 Å². The van der Waals surface area contributed by atoms with E-state index in [1.165, 1.54) is 11.3 Å². The first kappa shape index (κ1) is 8.16. The van der Waals surface area contributed by atoms with Crippen LogP contribution in [0.2, 0.25) is 0 Å². The summed E-state index contributed by atoms with van der Waals surface area (Å²) in [5.41, 5.74) is 10.3. The predicted octanol–water partition coefficient (Wildman–Crippen LogP) is -0.370. The van der Waals surface area contributed by atoms with Crippen LogP contribution in [0.3, 0.4) is 0 Å². The molecule has 0 fully saturated rings. The zero-order chi connectivity index (χ0) is 8.27. The molecule has 1 heterocycles. The summed E-state index contributed by atoms with van der Waals surface area (Å²) in [6, 6.07) is 0. The van der Waals surface area contributed by atoms with Crippen molar-refractivity contribution in [2.75, 3.05) is 0 Å². The van der Waals surface area contributed by atoms with Crippen LogP contribution in [0.15, 0.2) is 6.20 Å². The van der Waals surface area contributed by atoms with Crippen LogP contribution in [0, 0.1) is 0 Å². The summed E-state index contributed by atoms with van der Waals surface area (Å²) in [6.45, 7) is 0.469. The number of nitrogens with zero attached hydrogens (tertiary/aromatic N) is 1. The molecule has 1 aromatic rings. The van der Waals surface area contributed by atoms with Crippen molar-refractivity contribution in [3.05, 3.63) is 16.1 Å². The molecule has 1 amide bonds. The maximum absolute atomic E-state index is 10.4. The van der Waals surface area contributed by atoms with Crippen LogP contribution in [-0.2, 0) is 17.8 Å².